The number of aromatic nitrogens is 1. The Morgan fingerprint density at radius 1 is 0.400 bits per heavy atom. The maximum absolute atomic E-state index is 12.7. The first-order valence-corrected chi connectivity index (χ1v) is 10.1. The average Bonchev–Trinajstić information content (AvgIpc) is 2.57. The van der Waals surface area contributed by atoms with Crippen LogP contribution in [0.3, 0.4) is 0 Å². The van der Waals surface area contributed by atoms with E-state index in [-0.39, 0.29) is 0 Å². The first kappa shape index (κ1) is 28.0. The lowest BCUT2D eigenvalue weighted by molar-refractivity contribution is -0.0362. The zero-order valence-corrected chi connectivity index (χ0v) is 16.7. The molecule has 0 amide bonds. The molecule has 1 aromatic rings. The number of alkyl halides is 15. The van der Waals surface area contributed by atoms with Gasteiger partial charge in [-0.05, 0) is 23.5 Å². The number of nitrogens with zero attached hydrogens (tertiary/aromatic N) is 1. The molecule has 0 fully saturated rings. The van der Waals surface area contributed by atoms with Crippen LogP contribution in [0, 0.1) is 0 Å². The highest BCUT2D eigenvalue weighted by Gasteiger charge is 2.47. The summed E-state index contributed by atoms with van der Waals surface area (Å²) >= 11 is -8.60. The van der Waals surface area contributed by atoms with Crippen molar-refractivity contribution in [2.75, 3.05) is 0 Å². The number of hydrogen-bond donors (Lipinski definition) is 0. The number of rotatable bonds is 5. The Morgan fingerprint density at radius 3 is 0.867 bits per heavy atom. The van der Waals surface area contributed by atoms with Gasteiger partial charge in [0.25, 0.3) is 0 Å². The molecule has 0 saturated heterocycles. The Bertz CT molecular complexity index is 575. The minimum absolute atomic E-state index is 0.988. The van der Waals surface area contributed by atoms with E-state index in [0.717, 1.165) is 0 Å². The highest BCUT2D eigenvalue weighted by atomic mass is 32.2. The van der Waals surface area contributed by atoms with Crippen LogP contribution in [-0.4, -0.2) is 31.5 Å². The fourth-order valence-electron chi connectivity index (χ4n) is 1.46. The van der Waals surface area contributed by atoms with Gasteiger partial charge in [-0.15, -0.1) is 0 Å². The van der Waals surface area contributed by atoms with Crippen LogP contribution in [0.2, 0.25) is 0 Å². The summed E-state index contributed by atoms with van der Waals surface area (Å²) in [5.41, 5.74) is -28.2. The van der Waals surface area contributed by atoms with Crippen LogP contribution in [0.1, 0.15) is 0 Å². The van der Waals surface area contributed by atoms with Crippen molar-refractivity contribution in [2.24, 2.45) is 0 Å². The normalized spacial score (nSPS) is 14.5. The van der Waals surface area contributed by atoms with Crippen molar-refractivity contribution in [3.63, 3.8) is 0 Å². The first-order valence-electron chi connectivity index (χ1n) is 6.05. The lowest BCUT2D eigenvalue weighted by atomic mass is 10.6. The van der Waals surface area contributed by atoms with Crippen molar-refractivity contribution in [1.29, 1.82) is 0 Å². The number of halogens is 15. The molecule has 0 aliphatic carbocycles. The number of thioether (sulfide) groups is 4. The predicted octanol–water partition coefficient (Wildman–Crippen LogP) is 8.95. The van der Waals surface area contributed by atoms with Gasteiger partial charge in [0, 0.05) is 23.5 Å². The molecule has 176 valence electrons. The highest BCUT2D eigenvalue weighted by Crippen LogP contribution is 2.59. The average molecular weight is 567 g/mol. The molecule has 0 saturated carbocycles. The monoisotopic (exact) mass is 567 g/mol. The van der Waals surface area contributed by atoms with Gasteiger partial charge in [0.1, 0.15) is 10.1 Å². The maximum atomic E-state index is 12.7. The van der Waals surface area contributed by atoms with Crippen LogP contribution in [0.4, 0.5) is 65.9 Å². The molecule has 21 heteroatoms. The fourth-order valence-corrected chi connectivity index (χ4v) is 5.89. The van der Waals surface area contributed by atoms with E-state index in [4.69, 9.17) is 0 Å². The molecule has 0 radical (unpaired) electrons. The van der Waals surface area contributed by atoms with Crippen LogP contribution in [-0.2, 0) is 0 Å². The third-order valence-electron chi connectivity index (χ3n) is 2.02. The van der Waals surface area contributed by atoms with Crippen molar-refractivity contribution in [2.45, 2.75) is 47.4 Å². The Morgan fingerprint density at radius 2 is 0.667 bits per heavy atom. The molecule has 1 nitrogen and oxygen atoms in total. The van der Waals surface area contributed by atoms with E-state index in [2.05, 4.69) is 0 Å². The molecule has 0 atom stereocenters. The molecule has 0 aliphatic heterocycles. The Labute approximate surface area is 176 Å². The predicted molar refractivity (Wildman–Crippen MR) is 81.1 cm³/mol. The van der Waals surface area contributed by atoms with Gasteiger partial charge < -0.3 is 0 Å². The van der Waals surface area contributed by atoms with Crippen LogP contribution in [0.15, 0.2) is 19.8 Å². The first-order chi connectivity index (χ1) is 13.0. The van der Waals surface area contributed by atoms with Crippen LogP contribution in [0.25, 0.3) is 0 Å². The van der Waals surface area contributed by atoms with Crippen LogP contribution >= 0.6 is 59.0 Å². The molecule has 1 rings (SSSR count). The Hall–Kier alpha value is -0.0200. The van der Waals surface area contributed by atoms with Gasteiger partial charge in [-0.2, -0.15) is 65.9 Å². The van der Waals surface area contributed by atoms with Gasteiger partial charge in [0.05, 0.1) is 21.7 Å². The van der Waals surface area contributed by atoms with E-state index in [1.54, 1.807) is 0 Å². The molecule has 30 heavy (non-hydrogen) atoms. The second kappa shape index (κ2) is 9.08. The largest absolute Gasteiger partial charge is 0.462 e. The summed E-state index contributed by atoms with van der Waals surface area (Å²) in [7, 11) is 0. The summed E-state index contributed by atoms with van der Waals surface area (Å²) < 4.78 is 189. The van der Waals surface area contributed by atoms with Crippen LogP contribution < -0.4 is 0 Å². The maximum Gasteiger partial charge on any atom is 0.462 e. The number of hydrogen-bond acceptors (Lipinski definition) is 5. The summed E-state index contributed by atoms with van der Waals surface area (Å²) in [6, 6.07) is 0. The second-order valence-electron chi connectivity index (χ2n) is 4.29. The molecular formula is C9F15NS5. The van der Waals surface area contributed by atoms with Gasteiger partial charge in [-0.3, -0.25) is 3.97 Å². The van der Waals surface area contributed by atoms with Crippen molar-refractivity contribution < 1.29 is 65.9 Å². The van der Waals surface area contributed by atoms with Crippen molar-refractivity contribution >= 4 is 59.0 Å². The van der Waals surface area contributed by atoms with Gasteiger partial charge in [0.2, 0.25) is 0 Å². The van der Waals surface area contributed by atoms with E-state index in [9.17, 15) is 65.9 Å². The standard InChI is InChI=1S/C9F15NS5/c10-5(11,12)26-1-2(27-6(13,14)15)4(29-8(19,20)21)25(30-9(22,23)24)3(1)28-7(16,17)18. The fraction of sp³-hybridized carbons (Fsp3) is 0.556. The van der Waals surface area contributed by atoms with Crippen molar-refractivity contribution in [1.82, 2.24) is 3.97 Å². The highest BCUT2D eigenvalue weighted by molar-refractivity contribution is 8.07. The minimum atomic E-state index is -5.67. The van der Waals surface area contributed by atoms with Gasteiger partial charge in [-0.25, -0.2) is 0 Å². The van der Waals surface area contributed by atoms with E-state index in [1.807, 2.05) is 0 Å². The van der Waals surface area contributed by atoms with E-state index < -0.39 is 110 Å². The molecule has 0 unspecified atom stereocenters. The zero-order chi connectivity index (χ0) is 23.9. The summed E-state index contributed by atoms with van der Waals surface area (Å²) in [4.78, 5) is -4.20. The van der Waals surface area contributed by atoms with E-state index >= 15 is 0 Å². The lowest BCUT2D eigenvalue weighted by Gasteiger charge is -2.15. The zero-order valence-electron chi connectivity index (χ0n) is 12.7. The summed E-state index contributed by atoms with van der Waals surface area (Å²) in [6.07, 6.45) is 0. The molecule has 0 spiro atoms. The third-order valence-corrected chi connectivity index (χ3v) is 6.68. The summed E-state index contributed by atoms with van der Waals surface area (Å²) in [5, 5.41) is -4.30. The van der Waals surface area contributed by atoms with Gasteiger partial charge in [-0.1, -0.05) is 0 Å². The molecule has 0 bridgehead atoms. The smallest absolute Gasteiger partial charge is 0.262 e. The quantitative estimate of drug-likeness (QED) is 0.258. The molecule has 1 heterocycles. The molecule has 1 aromatic heterocycles. The summed E-state index contributed by atoms with van der Waals surface area (Å²) in [6.45, 7) is 0. The van der Waals surface area contributed by atoms with Crippen molar-refractivity contribution in [3.05, 3.63) is 0 Å². The van der Waals surface area contributed by atoms with E-state index in [0.29, 0.717) is 0 Å². The van der Waals surface area contributed by atoms with Gasteiger partial charge in [0.15, 0.2) is 0 Å². The van der Waals surface area contributed by atoms with E-state index in [1.165, 1.54) is 0 Å². The molecular weight excluding hydrogens is 567 g/mol. The Kier molecular flexibility index (Phi) is 8.48. The molecule has 0 aromatic carbocycles. The minimum Gasteiger partial charge on any atom is -0.262 e. The topological polar surface area (TPSA) is 4.93 Å². The third kappa shape index (κ3) is 10.1. The SMILES string of the molecule is FC(F)(F)Sc1c(SC(F)(F)F)c(SC(F)(F)F)n(SC(F)(F)F)c1SC(F)(F)F. The van der Waals surface area contributed by atoms with Crippen LogP contribution in [0.5, 0.6) is 0 Å². The second-order valence-corrected chi connectivity index (χ2v) is 9.56. The lowest BCUT2D eigenvalue weighted by Crippen LogP contribution is -2.11. The molecule has 0 N–H and O–H groups in total. The summed E-state index contributed by atoms with van der Waals surface area (Å²) in [5.74, 6) is 0. The Balaban J connectivity index is 3.97. The van der Waals surface area contributed by atoms with Gasteiger partial charge >= 0.3 is 27.5 Å². The molecule has 0 aliphatic rings. The van der Waals surface area contributed by atoms with Crippen molar-refractivity contribution in [3.8, 4) is 0 Å².